The number of nitro benzene ring substituents is 1. The largest absolute Gasteiger partial charge is 0.453 e. The van der Waals surface area contributed by atoms with E-state index in [9.17, 15) is 14.9 Å². The Morgan fingerprint density at radius 2 is 2.07 bits per heavy atom. The topological polar surface area (TPSA) is 91.1 Å². The maximum atomic E-state index is 12.7. The second-order valence-electron chi connectivity index (χ2n) is 6.89. The number of ether oxygens (including phenoxy) is 3. The Bertz CT molecular complexity index is 786. The second kappa shape index (κ2) is 10.6. The number of amides is 1. The van der Waals surface area contributed by atoms with Gasteiger partial charge in [0.1, 0.15) is 6.10 Å². The van der Waals surface area contributed by atoms with Gasteiger partial charge < -0.3 is 19.1 Å². The fourth-order valence-electron chi connectivity index (χ4n) is 3.33. The number of hydrogen-bond donors (Lipinski definition) is 0. The van der Waals surface area contributed by atoms with E-state index in [4.69, 9.17) is 20.6 Å². The highest BCUT2D eigenvalue weighted by Gasteiger charge is 2.33. The molecular weight excluding hydrogens is 376 g/mol. The number of nitrogens with zero attached hydrogens (tertiary/aromatic N) is 2. The molecule has 1 unspecified atom stereocenters. The third-order valence-electron chi connectivity index (χ3n) is 4.74. The Hall–Kier alpha value is -2.95. The maximum absolute atomic E-state index is 12.7. The van der Waals surface area contributed by atoms with E-state index in [-0.39, 0.29) is 35.1 Å². The van der Waals surface area contributed by atoms with E-state index < -0.39 is 17.1 Å². The summed E-state index contributed by atoms with van der Waals surface area (Å²) in [7, 11) is 0. The summed E-state index contributed by atoms with van der Waals surface area (Å²) >= 11 is 0. The Morgan fingerprint density at radius 3 is 2.69 bits per heavy atom. The van der Waals surface area contributed by atoms with Crippen LogP contribution in [-0.4, -0.2) is 35.8 Å². The van der Waals surface area contributed by atoms with E-state index in [2.05, 4.69) is 12.8 Å². The Morgan fingerprint density at radius 1 is 1.31 bits per heavy atom. The molecule has 29 heavy (non-hydrogen) atoms. The molecule has 1 amide bonds. The average molecular weight is 404 g/mol. The fourth-order valence-corrected chi connectivity index (χ4v) is 3.33. The molecule has 2 rings (SSSR count). The number of rotatable bonds is 10. The molecule has 158 valence electrons. The SMILES string of the molecule is C#Cc1c2c(cc([N+](=O)[O-])c1C(C)OC(=O)N(CCC)CCCCCC)OCO2. The number of fused-ring (bicyclic) bond motifs is 1. The molecule has 8 heteroatoms. The molecule has 1 aliphatic rings. The number of nitro groups is 1. The lowest BCUT2D eigenvalue weighted by atomic mass is 9.99. The summed E-state index contributed by atoms with van der Waals surface area (Å²) in [6, 6.07) is 1.26. The van der Waals surface area contributed by atoms with Crippen LogP contribution in [0.25, 0.3) is 0 Å². The quantitative estimate of drug-likeness (QED) is 0.241. The fraction of sp³-hybridized carbons (Fsp3) is 0.571. The number of carbonyl (C=O) groups excluding carboxylic acids is 1. The van der Waals surface area contributed by atoms with Crippen molar-refractivity contribution in [1.29, 1.82) is 0 Å². The van der Waals surface area contributed by atoms with Crippen LogP contribution in [0.3, 0.4) is 0 Å². The minimum absolute atomic E-state index is 0.0686. The average Bonchev–Trinajstić information content (AvgIpc) is 3.17. The van der Waals surface area contributed by atoms with Crippen molar-refractivity contribution in [3.05, 3.63) is 27.3 Å². The van der Waals surface area contributed by atoms with E-state index in [0.29, 0.717) is 13.1 Å². The van der Waals surface area contributed by atoms with Gasteiger partial charge in [-0.3, -0.25) is 10.1 Å². The molecule has 1 aliphatic heterocycles. The van der Waals surface area contributed by atoms with Gasteiger partial charge in [-0.1, -0.05) is 39.0 Å². The van der Waals surface area contributed by atoms with Gasteiger partial charge in [0.15, 0.2) is 11.5 Å². The van der Waals surface area contributed by atoms with E-state index >= 15 is 0 Å². The van der Waals surface area contributed by atoms with Gasteiger partial charge in [0.2, 0.25) is 6.79 Å². The van der Waals surface area contributed by atoms with Crippen LogP contribution in [0.15, 0.2) is 6.07 Å². The van der Waals surface area contributed by atoms with Crippen molar-refractivity contribution in [3.8, 4) is 23.8 Å². The predicted octanol–water partition coefficient (Wildman–Crippen LogP) is 4.79. The molecule has 1 atom stereocenters. The third kappa shape index (κ3) is 5.31. The number of unbranched alkanes of at least 4 members (excludes halogenated alkanes) is 3. The minimum Gasteiger partial charge on any atom is -0.453 e. The molecule has 0 N–H and O–H groups in total. The summed E-state index contributed by atoms with van der Waals surface area (Å²) in [6.07, 6.45) is 9.11. The normalized spacial score (nSPS) is 12.9. The van der Waals surface area contributed by atoms with Gasteiger partial charge in [-0.15, -0.1) is 6.42 Å². The van der Waals surface area contributed by atoms with Crippen LogP contribution in [0.2, 0.25) is 0 Å². The van der Waals surface area contributed by atoms with Crippen molar-refractivity contribution < 1.29 is 23.9 Å². The molecule has 0 fully saturated rings. The number of benzene rings is 1. The summed E-state index contributed by atoms with van der Waals surface area (Å²) in [5.74, 6) is 2.92. The van der Waals surface area contributed by atoms with Crippen molar-refractivity contribution in [2.24, 2.45) is 0 Å². The van der Waals surface area contributed by atoms with Gasteiger partial charge >= 0.3 is 6.09 Å². The molecule has 1 aromatic rings. The van der Waals surface area contributed by atoms with Crippen molar-refractivity contribution in [2.45, 2.75) is 59.0 Å². The number of hydrogen-bond acceptors (Lipinski definition) is 6. The molecular formula is C21H28N2O6. The highest BCUT2D eigenvalue weighted by atomic mass is 16.7. The lowest BCUT2D eigenvalue weighted by Gasteiger charge is -2.24. The zero-order chi connectivity index (χ0) is 21.4. The monoisotopic (exact) mass is 404 g/mol. The molecule has 0 aromatic heterocycles. The van der Waals surface area contributed by atoms with E-state index in [1.54, 1.807) is 11.8 Å². The first-order valence-electron chi connectivity index (χ1n) is 9.97. The standard InChI is InChI=1S/C21H28N2O6/c1-5-8-9-10-12-22(11-6-2)21(24)29-15(4)19-16(7-3)20-18(27-14-28-20)13-17(19)23(25)26/h3,13,15H,5-6,8-12,14H2,1-2,4H3. The zero-order valence-corrected chi connectivity index (χ0v) is 17.2. The van der Waals surface area contributed by atoms with Crippen molar-refractivity contribution >= 4 is 11.8 Å². The van der Waals surface area contributed by atoms with Crippen LogP contribution >= 0.6 is 0 Å². The van der Waals surface area contributed by atoms with Gasteiger partial charge in [-0.2, -0.15) is 0 Å². The number of carbonyl (C=O) groups is 1. The lowest BCUT2D eigenvalue weighted by molar-refractivity contribution is -0.386. The van der Waals surface area contributed by atoms with E-state index in [1.807, 2.05) is 6.92 Å². The summed E-state index contributed by atoms with van der Waals surface area (Å²) in [4.78, 5) is 25.4. The van der Waals surface area contributed by atoms with Crippen LogP contribution in [0.5, 0.6) is 11.5 Å². The van der Waals surface area contributed by atoms with Gasteiger partial charge in [0, 0.05) is 13.1 Å². The predicted molar refractivity (Wildman–Crippen MR) is 108 cm³/mol. The maximum Gasteiger partial charge on any atom is 0.410 e. The number of terminal acetylenes is 1. The molecule has 1 aromatic carbocycles. The highest BCUT2D eigenvalue weighted by Crippen LogP contribution is 2.44. The smallest absolute Gasteiger partial charge is 0.410 e. The summed E-state index contributed by atoms with van der Waals surface area (Å²) in [6.45, 7) is 6.76. The Balaban J connectivity index is 2.24. The Labute approximate surface area is 171 Å². The molecule has 8 nitrogen and oxygen atoms in total. The van der Waals surface area contributed by atoms with Crippen molar-refractivity contribution in [1.82, 2.24) is 4.90 Å². The molecule has 0 saturated carbocycles. The molecule has 0 saturated heterocycles. The van der Waals surface area contributed by atoms with Gasteiger partial charge in [-0.05, 0) is 19.8 Å². The van der Waals surface area contributed by atoms with Crippen LogP contribution in [0.4, 0.5) is 10.5 Å². The van der Waals surface area contributed by atoms with Crippen LogP contribution in [-0.2, 0) is 4.74 Å². The summed E-state index contributed by atoms with van der Waals surface area (Å²) < 4.78 is 16.2. The highest BCUT2D eigenvalue weighted by molar-refractivity contribution is 5.70. The lowest BCUT2D eigenvalue weighted by Crippen LogP contribution is -2.34. The van der Waals surface area contributed by atoms with Gasteiger partial charge in [0.05, 0.1) is 22.1 Å². The van der Waals surface area contributed by atoms with Crippen molar-refractivity contribution in [3.63, 3.8) is 0 Å². The summed E-state index contributed by atoms with van der Waals surface area (Å²) in [5, 5.41) is 11.6. The molecule has 1 heterocycles. The molecule has 0 aliphatic carbocycles. The molecule has 0 spiro atoms. The molecule has 0 bridgehead atoms. The third-order valence-corrected chi connectivity index (χ3v) is 4.74. The second-order valence-corrected chi connectivity index (χ2v) is 6.89. The first-order chi connectivity index (χ1) is 13.9. The van der Waals surface area contributed by atoms with Crippen LogP contribution < -0.4 is 9.47 Å². The van der Waals surface area contributed by atoms with E-state index in [0.717, 1.165) is 32.1 Å². The first kappa shape index (κ1) is 22.3. The van der Waals surface area contributed by atoms with Gasteiger partial charge in [-0.25, -0.2) is 4.79 Å². The van der Waals surface area contributed by atoms with E-state index in [1.165, 1.54) is 6.07 Å². The van der Waals surface area contributed by atoms with Gasteiger partial charge in [0.25, 0.3) is 5.69 Å². The zero-order valence-electron chi connectivity index (χ0n) is 17.2. The minimum atomic E-state index is -0.918. The summed E-state index contributed by atoms with van der Waals surface area (Å²) in [5.41, 5.74) is 0.0574. The van der Waals surface area contributed by atoms with Crippen molar-refractivity contribution in [2.75, 3.05) is 19.9 Å². The Kier molecular flexibility index (Phi) is 8.13. The van der Waals surface area contributed by atoms with Crippen LogP contribution in [0.1, 0.15) is 70.1 Å². The molecule has 0 radical (unpaired) electrons. The first-order valence-corrected chi connectivity index (χ1v) is 9.97. The van der Waals surface area contributed by atoms with Crippen LogP contribution in [0, 0.1) is 22.5 Å².